The van der Waals surface area contributed by atoms with Crippen molar-refractivity contribution in [3.8, 4) is 0 Å². The predicted octanol–water partition coefficient (Wildman–Crippen LogP) is -1.89. The van der Waals surface area contributed by atoms with Gasteiger partial charge in [-0.05, 0) is 41.5 Å². The normalized spacial score (nSPS) is 10.8. The molecule has 0 aromatic rings. The van der Waals surface area contributed by atoms with Crippen LogP contribution in [0.1, 0.15) is 41.5 Å². The lowest BCUT2D eigenvalue weighted by Gasteiger charge is -1.96. The van der Waals surface area contributed by atoms with E-state index in [4.69, 9.17) is 61.3 Å². The van der Waals surface area contributed by atoms with E-state index in [1.807, 2.05) is 0 Å². The maximum absolute atomic E-state index is 10.0. The number of ketones is 3. The molecule has 15 nitrogen and oxygen atoms in total. The van der Waals surface area contributed by atoms with Crippen molar-refractivity contribution >= 4 is 17.3 Å². The van der Waals surface area contributed by atoms with Crippen LogP contribution in [0.2, 0.25) is 0 Å². The van der Waals surface area contributed by atoms with E-state index in [0.717, 1.165) is 0 Å². The predicted molar refractivity (Wildman–Crippen MR) is 142 cm³/mol. The van der Waals surface area contributed by atoms with E-state index in [2.05, 4.69) is 0 Å². The fourth-order valence-electron chi connectivity index (χ4n) is 1.06. The number of aliphatic hydroxyl groups excluding tert-OH is 12. The first-order valence-corrected chi connectivity index (χ1v) is 11.1. The monoisotopic (exact) mass is 576 g/mol. The van der Waals surface area contributed by atoms with Crippen molar-refractivity contribution in [2.24, 2.45) is 0 Å². The largest absolute Gasteiger partial charge is 0.512 e. The second-order valence-electron chi connectivity index (χ2n) is 7.25. The number of hydrogen-bond donors (Lipinski definition) is 12. The number of allylic oxidation sites excluding steroid dienone is 6. The van der Waals surface area contributed by atoms with Gasteiger partial charge in [0.25, 0.3) is 0 Å². The lowest BCUT2D eigenvalue weighted by Crippen LogP contribution is -2.15. The first kappa shape index (κ1) is 49.2. The average molecular weight is 577 g/mol. The zero-order valence-corrected chi connectivity index (χ0v) is 23.3. The summed E-state index contributed by atoms with van der Waals surface area (Å²) >= 11 is 0. The van der Waals surface area contributed by atoms with Crippen molar-refractivity contribution in [1.29, 1.82) is 0 Å². The highest BCUT2D eigenvalue weighted by Crippen LogP contribution is 1.83. The third-order valence-electron chi connectivity index (χ3n) is 2.50. The average Bonchev–Trinajstić information content (AvgIpc) is 2.81. The Balaban J connectivity index is -0.0000000839. The lowest BCUT2D eigenvalue weighted by molar-refractivity contribution is -0.113. The third kappa shape index (κ3) is 86.3. The molecule has 0 saturated heterocycles. The molecule has 0 radical (unpaired) electrons. The zero-order valence-electron chi connectivity index (χ0n) is 23.3. The summed E-state index contributed by atoms with van der Waals surface area (Å²) in [5.74, 6) is -0.187. The molecule has 0 atom stereocenters. The molecule has 0 spiro atoms. The van der Waals surface area contributed by atoms with E-state index in [1.54, 1.807) is 0 Å². The van der Waals surface area contributed by atoms with Gasteiger partial charge in [0.2, 0.25) is 0 Å². The van der Waals surface area contributed by atoms with Crippen LogP contribution in [-0.2, 0) is 14.4 Å². The van der Waals surface area contributed by atoms with Gasteiger partial charge in [-0.1, -0.05) is 0 Å². The Morgan fingerprint density at radius 2 is 0.564 bits per heavy atom. The van der Waals surface area contributed by atoms with Crippen LogP contribution in [0.25, 0.3) is 0 Å². The molecule has 0 aliphatic carbocycles. The van der Waals surface area contributed by atoms with Crippen LogP contribution in [0.15, 0.2) is 35.5 Å². The quantitative estimate of drug-likeness (QED) is 0.105. The summed E-state index contributed by atoms with van der Waals surface area (Å²) in [6, 6.07) is 0. The summed E-state index contributed by atoms with van der Waals surface area (Å²) in [5, 5.41) is 97.1. The molecule has 0 aromatic carbocycles. The van der Waals surface area contributed by atoms with Crippen molar-refractivity contribution in [3.05, 3.63) is 35.5 Å². The van der Waals surface area contributed by atoms with Crippen LogP contribution in [0.4, 0.5) is 0 Å². The Morgan fingerprint density at radius 3 is 0.564 bits per heavy atom. The maximum atomic E-state index is 10.0. The number of carbonyl (C=O) groups is 3. The molecule has 0 unspecified atom stereocenters. The molecule has 0 rings (SSSR count). The molecular weight excluding hydrogens is 528 g/mol. The molecule has 39 heavy (non-hydrogen) atoms. The highest BCUT2D eigenvalue weighted by Gasteiger charge is 1.95. The molecular formula is C24H48O15. The van der Waals surface area contributed by atoms with Crippen molar-refractivity contribution in [2.45, 2.75) is 59.9 Å². The molecule has 0 aliphatic heterocycles. The van der Waals surface area contributed by atoms with E-state index in [1.165, 1.54) is 59.8 Å². The Morgan fingerprint density at radius 1 is 0.436 bits per heavy atom. The van der Waals surface area contributed by atoms with Gasteiger partial charge in [-0.25, -0.2) is 0 Å². The second-order valence-corrected chi connectivity index (χ2v) is 7.25. The van der Waals surface area contributed by atoms with Crippen LogP contribution in [0, 0.1) is 0 Å². The number of carbonyl (C=O) groups excluding carboxylic acids is 3. The van der Waals surface area contributed by atoms with Crippen LogP contribution in [0.3, 0.4) is 0 Å². The first-order chi connectivity index (χ1) is 17.8. The molecule has 0 amide bonds. The Kier molecular flexibility index (Phi) is 47.2. The van der Waals surface area contributed by atoms with Gasteiger partial charge in [0, 0.05) is 18.2 Å². The highest BCUT2D eigenvalue weighted by molar-refractivity contribution is 5.88. The number of hydrogen-bond acceptors (Lipinski definition) is 15. The van der Waals surface area contributed by atoms with E-state index in [0.29, 0.717) is 0 Å². The first-order valence-electron chi connectivity index (χ1n) is 11.1. The minimum absolute atomic E-state index is 0.0625. The van der Waals surface area contributed by atoms with Crippen molar-refractivity contribution in [1.82, 2.24) is 0 Å². The molecule has 12 N–H and O–H groups in total. The van der Waals surface area contributed by atoms with Crippen molar-refractivity contribution < 1.29 is 75.7 Å². The van der Waals surface area contributed by atoms with E-state index in [9.17, 15) is 14.4 Å². The molecule has 0 aliphatic rings. The smallest absolute Gasteiger partial charge is 0.155 e. The van der Waals surface area contributed by atoms with E-state index in [-0.39, 0.29) is 74.3 Å². The lowest BCUT2D eigenvalue weighted by atomic mass is 10.4. The summed E-state index contributed by atoms with van der Waals surface area (Å²) in [6.45, 7) is 6.36. The number of rotatable bonds is 9. The van der Waals surface area contributed by atoms with Gasteiger partial charge in [0.1, 0.15) is 18.3 Å². The van der Waals surface area contributed by atoms with Crippen molar-refractivity contribution in [2.75, 3.05) is 39.6 Å². The van der Waals surface area contributed by atoms with Gasteiger partial charge >= 0.3 is 0 Å². The van der Waals surface area contributed by atoms with Gasteiger partial charge in [-0.15, -0.1) is 0 Å². The zero-order chi connectivity index (χ0) is 32.6. The van der Waals surface area contributed by atoms with E-state index >= 15 is 0 Å². The maximum Gasteiger partial charge on any atom is 0.155 e. The standard InChI is InChI=1S/3C5H8O2.3C3H8O3/c3*1-4(6)3-5(2)7;3*4-1-3(6)2-5/h3*3,6H,1-2H3;3*3-6H,1-2H2/b3*4-3-;;;. The fraction of sp³-hybridized carbons (Fsp3) is 0.625. The van der Waals surface area contributed by atoms with Gasteiger partial charge < -0.3 is 61.3 Å². The molecule has 0 saturated carbocycles. The van der Waals surface area contributed by atoms with E-state index < -0.39 is 18.3 Å². The minimum Gasteiger partial charge on any atom is -0.512 e. The second kappa shape index (κ2) is 37.4. The topological polar surface area (TPSA) is 294 Å². The molecule has 15 heteroatoms. The van der Waals surface area contributed by atoms with Crippen LogP contribution < -0.4 is 0 Å². The summed E-state index contributed by atoms with van der Waals surface area (Å²) in [6.07, 6.45) is 0.639. The summed E-state index contributed by atoms with van der Waals surface area (Å²) in [7, 11) is 0. The SMILES string of the molecule is CC(=O)/C=C(/C)O.CC(=O)/C=C(/C)O.CC(=O)/C=C(/C)O.OCC(O)CO.OCC(O)CO.OCC(O)CO. The highest BCUT2D eigenvalue weighted by atomic mass is 16.4. The number of aliphatic hydroxyl groups is 12. The Hall–Kier alpha value is -2.73. The van der Waals surface area contributed by atoms with Gasteiger partial charge in [0.15, 0.2) is 17.3 Å². The summed E-state index contributed by atoms with van der Waals surface area (Å²) in [5.41, 5.74) is 0. The van der Waals surface area contributed by atoms with Crippen molar-refractivity contribution in [3.63, 3.8) is 0 Å². The molecule has 234 valence electrons. The van der Waals surface area contributed by atoms with Crippen LogP contribution in [0.5, 0.6) is 0 Å². The van der Waals surface area contributed by atoms with Gasteiger partial charge in [-0.2, -0.15) is 0 Å². The Bertz CT molecular complexity index is 558. The minimum atomic E-state index is -0.954. The summed E-state index contributed by atoms with van der Waals surface area (Å²) in [4.78, 5) is 30.1. The molecule has 0 fully saturated rings. The fourth-order valence-corrected chi connectivity index (χ4v) is 1.06. The molecule has 0 heterocycles. The van der Waals surface area contributed by atoms with Gasteiger partial charge in [0.05, 0.1) is 56.9 Å². The third-order valence-corrected chi connectivity index (χ3v) is 2.50. The molecule has 0 bridgehead atoms. The van der Waals surface area contributed by atoms with Crippen LogP contribution >= 0.6 is 0 Å². The molecule has 0 aromatic heterocycles. The Labute approximate surface area is 228 Å². The van der Waals surface area contributed by atoms with Gasteiger partial charge in [-0.3, -0.25) is 14.4 Å². The summed E-state index contributed by atoms with van der Waals surface area (Å²) < 4.78 is 0. The van der Waals surface area contributed by atoms with Crippen LogP contribution in [-0.4, -0.2) is 137 Å².